The summed E-state index contributed by atoms with van der Waals surface area (Å²) in [5, 5.41) is 0.615. The van der Waals surface area contributed by atoms with Crippen LogP contribution < -0.4 is 11.3 Å². The summed E-state index contributed by atoms with van der Waals surface area (Å²) in [6, 6.07) is 10.2. The van der Waals surface area contributed by atoms with E-state index in [1.807, 2.05) is 12.1 Å². The van der Waals surface area contributed by atoms with Crippen molar-refractivity contribution < 1.29 is 4.74 Å². The summed E-state index contributed by atoms with van der Waals surface area (Å²) < 4.78 is 5.94. The van der Waals surface area contributed by atoms with E-state index in [-0.39, 0.29) is 12.1 Å². The number of halogens is 1. The highest BCUT2D eigenvalue weighted by Gasteiger charge is 2.25. The summed E-state index contributed by atoms with van der Waals surface area (Å²) >= 11 is 6.22. The van der Waals surface area contributed by atoms with Gasteiger partial charge in [-0.1, -0.05) is 35.9 Å². The van der Waals surface area contributed by atoms with Crippen molar-refractivity contribution in [3.63, 3.8) is 0 Å². The molecule has 1 aliphatic rings. The van der Waals surface area contributed by atoms with Crippen LogP contribution in [0.2, 0.25) is 5.02 Å². The summed E-state index contributed by atoms with van der Waals surface area (Å²) in [4.78, 5) is 4.01. The molecule has 1 aromatic heterocycles. The normalized spacial score (nSPS) is 19.0. The number of ether oxygens (including phenoxy) is 1. The molecule has 1 aromatic carbocycles. The Morgan fingerprint density at radius 1 is 1.38 bits per heavy atom. The van der Waals surface area contributed by atoms with Gasteiger partial charge in [-0.2, -0.15) is 0 Å². The van der Waals surface area contributed by atoms with Crippen LogP contribution in [-0.2, 0) is 11.2 Å². The fourth-order valence-electron chi connectivity index (χ4n) is 2.84. The summed E-state index contributed by atoms with van der Waals surface area (Å²) in [5.74, 6) is 5.73. The molecule has 0 amide bonds. The number of hydrogen-bond acceptors (Lipinski definition) is 4. The summed E-state index contributed by atoms with van der Waals surface area (Å²) in [6.07, 6.45) is 5.08. The molecular weight excluding hydrogens is 286 g/mol. The monoisotopic (exact) mass is 303 g/mol. The van der Waals surface area contributed by atoms with Gasteiger partial charge in [-0.25, -0.2) is 0 Å². The minimum atomic E-state index is -0.0725. The Hall–Kier alpha value is -1.46. The zero-order chi connectivity index (χ0) is 14.7. The van der Waals surface area contributed by atoms with E-state index in [1.54, 1.807) is 12.4 Å². The van der Waals surface area contributed by atoms with Gasteiger partial charge in [0.15, 0.2) is 0 Å². The maximum atomic E-state index is 6.22. The van der Waals surface area contributed by atoms with Crippen molar-refractivity contribution in [3.05, 3.63) is 64.4 Å². The molecule has 2 atom stereocenters. The number of benzene rings is 1. The quantitative estimate of drug-likeness (QED) is 0.673. The second-order valence-corrected chi connectivity index (χ2v) is 5.57. The second kappa shape index (κ2) is 6.54. The van der Waals surface area contributed by atoms with E-state index in [2.05, 4.69) is 28.6 Å². The van der Waals surface area contributed by atoms with Crippen molar-refractivity contribution in [1.29, 1.82) is 0 Å². The summed E-state index contributed by atoms with van der Waals surface area (Å²) in [7, 11) is 0. The number of nitrogens with one attached hydrogen (secondary N) is 1. The molecule has 0 spiro atoms. The molecule has 4 nitrogen and oxygen atoms in total. The van der Waals surface area contributed by atoms with Crippen LogP contribution in [0.5, 0.6) is 0 Å². The molecular formula is C16H18ClN3O. The third-order valence-corrected chi connectivity index (χ3v) is 4.24. The Labute approximate surface area is 129 Å². The number of pyridine rings is 1. The molecule has 0 aliphatic carbocycles. The molecule has 0 saturated heterocycles. The van der Waals surface area contributed by atoms with Crippen LogP contribution in [0.4, 0.5) is 0 Å². The third kappa shape index (κ3) is 3.09. The first-order chi connectivity index (χ1) is 10.3. The van der Waals surface area contributed by atoms with Gasteiger partial charge in [0.1, 0.15) is 0 Å². The number of hydrogen-bond donors (Lipinski definition) is 2. The average Bonchev–Trinajstić information content (AvgIpc) is 2.53. The van der Waals surface area contributed by atoms with Crippen molar-refractivity contribution in [3.8, 4) is 0 Å². The van der Waals surface area contributed by atoms with E-state index >= 15 is 0 Å². The van der Waals surface area contributed by atoms with E-state index < -0.39 is 0 Å². The van der Waals surface area contributed by atoms with Crippen molar-refractivity contribution in [2.24, 2.45) is 5.84 Å². The predicted molar refractivity (Wildman–Crippen MR) is 82.8 cm³/mol. The van der Waals surface area contributed by atoms with Crippen LogP contribution in [0, 0.1) is 0 Å². The fraction of sp³-hybridized carbons (Fsp3) is 0.312. The molecule has 5 heteroatoms. The first kappa shape index (κ1) is 14.5. The number of rotatable bonds is 4. The smallest absolute Gasteiger partial charge is 0.0846 e. The van der Waals surface area contributed by atoms with Gasteiger partial charge in [0, 0.05) is 12.4 Å². The van der Waals surface area contributed by atoms with Crippen molar-refractivity contribution in [1.82, 2.24) is 10.4 Å². The van der Waals surface area contributed by atoms with Crippen molar-refractivity contribution in [2.75, 3.05) is 6.61 Å². The molecule has 0 saturated carbocycles. The number of fused-ring (bicyclic) bond motifs is 1. The maximum absolute atomic E-state index is 6.22. The van der Waals surface area contributed by atoms with E-state index in [0.29, 0.717) is 5.02 Å². The van der Waals surface area contributed by atoms with Gasteiger partial charge in [0.25, 0.3) is 0 Å². The van der Waals surface area contributed by atoms with E-state index in [4.69, 9.17) is 22.2 Å². The highest BCUT2D eigenvalue weighted by Crippen LogP contribution is 2.35. The fourth-order valence-corrected chi connectivity index (χ4v) is 3.09. The van der Waals surface area contributed by atoms with Crippen LogP contribution in [0.25, 0.3) is 0 Å². The lowest BCUT2D eigenvalue weighted by Crippen LogP contribution is -2.31. The maximum Gasteiger partial charge on any atom is 0.0846 e. The van der Waals surface area contributed by atoms with Crippen LogP contribution in [0.3, 0.4) is 0 Å². The first-order valence-electron chi connectivity index (χ1n) is 7.04. The van der Waals surface area contributed by atoms with Gasteiger partial charge >= 0.3 is 0 Å². The molecule has 1 aliphatic heterocycles. The molecule has 0 bridgehead atoms. The number of hydrazine groups is 1. The Morgan fingerprint density at radius 2 is 2.24 bits per heavy atom. The zero-order valence-corrected chi connectivity index (χ0v) is 12.4. The van der Waals surface area contributed by atoms with E-state index in [1.165, 1.54) is 11.1 Å². The lowest BCUT2D eigenvalue weighted by molar-refractivity contribution is 0.0293. The standard InChI is InChI=1S/C16H18ClN3O/c17-14-10-19-7-5-13(14)15(20-18)9-16-12-4-2-1-3-11(12)6-8-21-16/h1-5,7,10,15-16,20H,6,8-9,18H2. The summed E-state index contributed by atoms with van der Waals surface area (Å²) in [5.41, 5.74) is 6.39. The minimum Gasteiger partial charge on any atom is -0.373 e. The molecule has 110 valence electrons. The predicted octanol–water partition coefficient (Wildman–Crippen LogP) is 2.94. The number of nitrogens with zero attached hydrogens (tertiary/aromatic N) is 1. The van der Waals surface area contributed by atoms with Crippen LogP contribution in [-0.4, -0.2) is 11.6 Å². The Morgan fingerprint density at radius 3 is 3.05 bits per heavy atom. The van der Waals surface area contributed by atoms with Crippen LogP contribution in [0.15, 0.2) is 42.7 Å². The highest BCUT2D eigenvalue weighted by atomic mass is 35.5. The van der Waals surface area contributed by atoms with Gasteiger partial charge in [-0.15, -0.1) is 0 Å². The lowest BCUT2D eigenvalue weighted by atomic mass is 9.92. The average molecular weight is 304 g/mol. The number of aromatic nitrogens is 1. The van der Waals surface area contributed by atoms with Gasteiger partial charge in [0.05, 0.1) is 23.8 Å². The molecule has 2 heterocycles. The first-order valence-corrected chi connectivity index (χ1v) is 7.42. The molecule has 21 heavy (non-hydrogen) atoms. The Kier molecular flexibility index (Phi) is 4.51. The van der Waals surface area contributed by atoms with Gasteiger partial charge < -0.3 is 4.74 Å². The van der Waals surface area contributed by atoms with Crippen molar-refractivity contribution in [2.45, 2.75) is 25.0 Å². The molecule has 3 rings (SSSR count). The van der Waals surface area contributed by atoms with Gasteiger partial charge in [-0.05, 0) is 35.6 Å². The summed E-state index contributed by atoms with van der Waals surface area (Å²) in [6.45, 7) is 0.739. The molecule has 0 radical (unpaired) electrons. The highest BCUT2D eigenvalue weighted by molar-refractivity contribution is 6.31. The molecule has 2 unspecified atom stereocenters. The zero-order valence-electron chi connectivity index (χ0n) is 11.6. The Bertz CT molecular complexity index is 620. The van der Waals surface area contributed by atoms with E-state index in [9.17, 15) is 0 Å². The lowest BCUT2D eigenvalue weighted by Gasteiger charge is -2.29. The molecule has 2 aromatic rings. The number of nitrogens with two attached hydrogens (primary N) is 1. The largest absolute Gasteiger partial charge is 0.373 e. The van der Waals surface area contributed by atoms with Gasteiger partial charge in [-0.3, -0.25) is 16.3 Å². The second-order valence-electron chi connectivity index (χ2n) is 5.16. The van der Waals surface area contributed by atoms with Crippen LogP contribution in [0.1, 0.15) is 35.3 Å². The third-order valence-electron chi connectivity index (χ3n) is 3.92. The Balaban J connectivity index is 1.84. The SMILES string of the molecule is NNC(CC1OCCc2ccccc21)c1ccncc1Cl. The topological polar surface area (TPSA) is 60.2 Å². The van der Waals surface area contributed by atoms with E-state index in [0.717, 1.165) is 25.0 Å². The molecule has 0 fully saturated rings. The van der Waals surface area contributed by atoms with Gasteiger partial charge in [0.2, 0.25) is 0 Å². The van der Waals surface area contributed by atoms with Crippen molar-refractivity contribution >= 4 is 11.6 Å². The van der Waals surface area contributed by atoms with Crippen LogP contribution >= 0.6 is 11.6 Å². The molecule has 3 N–H and O–H groups in total. The minimum absolute atomic E-state index is 0.0280.